The average molecular weight is 285 g/mol. The molecule has 3 amide bonds. The first kappa shape index (κ1) is 12.8. The van der Waals surface area contributed by atoms with Gasteiger partial charge in [0, 0.05) is 31.7 Å². The molecule has 5 heteroatoms. The number of anilines is 1. The molecule has 0 aromatic heterocycles. The number of carbonyl (C=O) groups excluding carboxylic acids is 2. The summed E-state index contributed by atoms with van der Waals surface area (Å²) in [5.41, 5.74) is 2.81. The highest BCUT2D eigenvalue weighted by Gasteiger charge is 2.48. The molecule has 5 nitrogen and oxygen atoms in total. The summed E-state index contributed by atoms with van der Waals surface area (Å²) in [6.45, 7) is 2.80. The third kappa shape index (κ3) is 2.12. The predicted molar refractivity (Wildman–Crippen MR) is 79.2 cm³/mol. The van der Waals surface area contributed by atoms with Crippen LogP contribution < -0.4 is 15.5 Å². The molecule has 2 heterocycles. The minimum Gasteiger partial charge on any atom is -0.316 e. The number of nitrogens with zero attached hydrogens (tertiary/aromatic N) is 1. The molecule has 2 aliphatic heterocycles. The maximum absolute atomic E-state index is 11.8. The second-order valence-electron chi connectivity index (χ2n) is 6.56. The topological polar surface area (TPSA) is 61.4 Å². The lowest BCUT2D eigenvalue weighted by molar-refractivity contribution is -0.120. The van der Waals surface area contributed by atoms with E-state index in [0.29, 0.717) is 24.3 Å². The van der Waals surface area contributed by atoms with Crippen LogP contribution in [-0.4, -0.2) is 31.6 Å². The third-order valence-corrected chi connectivity index (χ3v) is 5.09. The van der Waals surface area contributed by atoms with E-state index in [1.165, 1.54) is 31.5 Å². The molecule has 3 fully saturated rings. The van der Waals surface area contributed by atoms with E-state index >= 15 is 0 Å². The average Bonchev–Trinajstić information content (AvgIpc) is 2.36. The van der Waals surface area contributed by atoms with Crippen LogP contribution in [0.2, 0.25) is 0 Å². The first-order valence-corrected chi connectivity index (χ1v) is 7.57. The number of hydrogen-bond acceptors (Lipinski definition) is 3. The van der Waals surface area contributed by atoms with Gasteiger partial charge in [-0.05, 0) is 41.9 Å². The third-order valence-electron chi connectivity index (χ3n) is 5.09. The van der Waals surface area contributed by atoms with Crippen molar-refractivity contribution in [3.63, 3.8) is 0 Å². The van der Waals surface area contributed by atoms with Gasteiger partial charge >= 0.3 is 6.03 Å². The van der Waals surface area contributed by atoms with E-state index in [-0.39, 0.29) is 11.9 Å². The van der Waals surface area contributed by atoms with Crippen molar-refractivity contribution >= 4 is 17.6 Å². The second kappa shape index (κ2) is 4.56. The SMILES string of the molecule is O=C1CCN(c2ccc(C3CC4(CNC4)C3)cc2)C(=O)N1. The number of rotatable bonds is 2. The number of carbonyl (C=O) groups is 2. The standard InChI is InChI=1S/C16H19N3O2/c20-14-5-6-19(15(21)18-14)13-3-1-11(2-4-13)12-7-16(8-12)9-17-10-16/h1-4,12,17H,5-10H2,(H,18,20,21). The summed E-state index contributed by atoms with van der Waals surface area (Å²) in [5, 5.41) is 5.71. The molecule has 4 rings (SSSR count). The lowest BCUT2D eigenvalue weighted by atomic mass is 9.57. The highest BCUT2D eigenvalue weighted by atomic mass is 16.2. The van der Waals surface area contributed by atoms with E-state index in [1.807, 2.05) is 12.1 Å². The van der Waals surface area contributed by atoms with Crippen LogP contribution in [0.15, 0.2) is 24.3 Å². The normalized spacial score (nSPS) is 24.5. The lowest BCUT2D eigenvalue weighted by Crippen LogP contribution is -2.59. The van der Waals surface area contributed by atoms with Gasteiger partial charge in [0.1, 0.15) is 0 Å². The Kier molecular flexibility index (Phi) is 2.79. The van der Waals surface area contributed by atoms with Crippen molar-refractivity contribution in [1.82, 2.24) is 10.6 Å². The van der Waals surface area contributed by atoms with Crippen LogP contribution >= 0.6 is 0 Å². The van der Waals surface area contributed by atoms with Crippen LogP contribution in [0.4, 0.5) is 10.5 Å². The summed E-state index contributed by atoms with van der Waals surface area (Å²) in [5.74, 6) is 0.472. The lowest BCUT2D eigenvalue weighted by Gasteiger charge is -2.54. The Morgan fingerprint density at radius 1 is 1.10 bits per heavy atom. The van der Waals surface area contributed by atoms with Crippen LogP contribution in [0.3, 0.4) is 0 Å². The molecule has 1 aliphatic carbocycles. The van der Waals surface area contributed by atoms with Crippen LogP contribution in [0.25, 0.3) is 0 Å². The smallest absolute Gasteiger partial charge is 0.316 e. The number of urea groups is 1. The minimum atomic E-state index is -0.317. The Hall–Kier alpha value is -1.88. The Balaban J connectivity index is 1.44. The van der Waals surface area contributed by atoms with Crippen LogP contribution in [0, 0.1) is 5.41 Å². The molecule has 0 unspecified atom stereocenters. The summed E-state index contributed by atoms with van der Waals surface area (Å²) in [6, 6.07) is 7.93. The first-order chi connectivity index (χ1) is 10.2. The van der Waals surface area contributed by atoms with E-state index in [9.17, 15) is 9.59 Å². The van der Waals surface area contributed by atoms with Gasteiger partial charge < -0.3 is 5.32 Å². The fourth-order valence-electron chi connectivity index (χ4n) is 3.73. The summed E-state index contributed by atoms with van der Waals surface area (Å²) < 4.78 is 0. The fourth-order valence-corrected chi connectivity index (χ4v) is 3.73. The van der Waals surface area contributed by atoms with E-state index in [1.54, 1.807) is 4.90 Å². The number of hydrogen-bond donors (Lipinski definition) is 2. The van der Waals surface area contributed by atoms with E-state index in [0.717, 1.165) is 5.69 Å². The molecule has 2 saturated heterocycles. The summed E-state index contributed by atoms with van der Waals surface area (Å²) >= 11 is 0. The van der Waals surface area contributed by atoms with E-state index in [2.05, 4.69) is 22.8 Å². The molecular formula is C16H19N3O2. The molecule has 0 radical (unpaired) electrons. The highest BCUT2D eigenvalue weighted by molar-refractivity contribution is 6.05. The molecule has 21 heavy (non-hydrogen) atoms. The Morgan fingerprint density at radius 2 is 1.81 bits per heavy atom. The molecule has 0 bridgehead atoms. The summed E-state index contributed by atoms with van der Waals surface area (Å²) in [7, 11) is 0. The maximum Gasteiger partial charge on any atom is 0.328 e. The predicted octanol–water partition coefficient (Wildman–Crippen LogP) is 1.60. The Labute approximate surface area is 123 Å². The Morgan fingerprint density at radius 3 is 2.38 bits per heavy atom. The van der Waals surface area contributed by atoms with Gasteiger partial charge in [-0.3, -0.25) is 15.0 Å². The van der Waals surface area contributed by atoms with Gasteiger partial charge in [-0.25, -0.2) is 4.79 Å². The Bertz CT molecular complexity index is 584. The molecule has 0 atom stereocenters. The summed E-state index contributed by atoms with van der Waals surface area (Å²) in [4.78, 5) is 24.6. The highest BCUT2D eigenvalue weighted by Crippen LogP contribution is 2.53. The van der Waals surface area contributed by atoms with Crippen molar-refractivity contribution in [3.05, 3.63) is 29.8 Å². The van der Waals surface area contributed by atoms with Crippen molar-refractivity contribution in [3.8, 4) is 0 Å². The van der Waals surface area contributed by atoms with Gasteiger partial charge in [0.25, 0.3) is 0 Å². The van der Waals surface area contributed by atoms with Crippen molar-refractivity contribution < 1.29 is 9.59 Å². The molecule has 2 N–H and O–H groups in total. The van der Waals surface area contributed by atoms with Crippen molar-refractivity contribution in [2.75, 3.05) is 24.5 Å². The zero-order chi connectivity index (χ0) is 14.4. The van der Waals surface area contributed by atoms with Crippen molar-refractivity contribution in [2.24, 2.45) is 5.41 Å². The molecule has 1 saturated carbocycles. The molecule has 1 aromatic carbocycles. The number of benzene rings is 1. The van der Waals surface area contributed by atoms with E-state index < -0.39 is 0 Å². The molecular weight excluding hydrogens is 266 g/mol. The van der Waals surface area contributed by atoms with Gasteiger partial charge in [-0.15, -0.1) is 0 Å². The summed E-state index contributed by atoms with van der Waals surface area (Å²) in [6.07, 6.45) is 2.92. The zero-order valence-corrected chi connectivity index (χ0v) is 11.9. The van der Waals surface area contributed by atoms with Gasteiger partial charge in [0.15, 0.2) is 0 Å². The van der Waals surface area contributed by atoms with E-state index in [4.69, 9.17) is 0 Å². The molecule has 1 aromatic rings. The minimum absolute atomic E-state index is 0.193. The number of nitrogens with one attached hydrogen (secondary N) is 2. The first-order valence-electron chi connectivity index (χ1n) is 7.57. The quantitative estimate of drug-likeness (QED) is 0.867. The van der Waals surface area contributed by atoms with Gasteiger partial charge in [0.2, 0.25) is 5.91 Å². The maximum atomic E-state index is 11.8. The van der Waals surface area contributed by atoms with Crippen LogP contribution in [0.1, 0.15) is 30.7 Å². The molecule has 1 spiro atoms. The largest absolute Gasteiger partial charge is 0.328 e. The van der Waals surface area contributed by atoms with Crippen molar-refractivity contribution in [2.45, 2.75) is 25.2 Å². The van der Waals surface area contributed by atoms with Crippen molar-refractivity contribution in [1.29, 1.82) is 0 Å². The number of amides is 3. The zero-order valence-electron chi connectivity index (χ0n) is 11.9. The fraction of sp³-hybridized carbons (Fsp3) is 0.500. The van der Waals surface area contributed by atoms with Crippen LogP contribution in [-0.2, 0) is 4.79 Å². The van der Waals surface area contributed by atoms with Gasteiger partial charge in [0.05, 0.1) is 0 Å². The molecule has 110 valence electrons. The van der Waals surface area contributed by atoms with Crippen LogP contribution in [0.5, 0.6) is 0 Å². The number of imide groups is 1. The van der Waals surface area contributed by atoms with Gasteiger partial charge in [-0.1, -0.05) is 12.1 Å². The van der Waals surface area contributed by atoms with Gasteiger partial charge in [-0.2, -0.15) is 0 Å². The monoisotopic (exact) mass is 285 g/mol. The molecule has 3 aliphatic rings. The second-order valence-corrected chi connectivity index (χ2v) is 6.56.